The van der Waals surface area contributed by atoms with E-state index in [1.807, 2.05) is 49.3 Å². The van der Waals surface area contributed by atoms with Crippen molar-refractivity contribution in [1.82, 2.24) is 4.90 Å². The van der Waals surface area contributed by atoms with Crippen LogP contribution in [0.25, 0.3) is 0 Å². The van der Waals surface area contributed by atoms with Crippen molar-refractivity contribution in [1.29, 1.82) is 0 Å². The Labute approximate surface area is 134 Å². The summed E-state index contributed by atoms with van der Waals surface area (Å²) in [7, 11) is 4.03. The quantitative estimate of drug-likeness (QED) is 0.794. The van der Waals surface area contributed by atoms with Crippen molar-refractivity contribution < 1.29 is 14.2 Å². The highest BCUT2D eigenvalue weighted by molar-refractivity contribution is 8.14. The summed E-state index contributed by atoms with van der Waals surface area (Å²) in [6.07, 6.45) is 0.650. The summed E-state index contributed by atoms with van der Waals surface area (Å²) in [5.41, 5.74) is 1.15. The number of benzene rings is 1. The Kier molecular flexibility index (Phi) is 3.86. The zero-order valence-corrected chi connectivity index (χ0v) is 13.5. The normalized spacial score (nSPS) is 37.2. The number of thioether (sulfide) groups is 1. The second kappa shape index (κ2) is 5.85. The van der Waals surface area contributed by atoms with Gasteiger partial charge in [0, 0.05) is 26.1 Å². The first-order chi connectivity index (χ1) is 10.7. The molecule has 0 N–H and O–H groups in total. The Morgan fingerprint density at radius 1 is 1.14 bits per heavy atom. The number of hydrogen-bond donors (Lipinski definition) is 0. The fraction of sp³-hybridized carbons (Fsp3) is 0.562. The SMILES string of the molecule is CN(C)C1=NC2CC3OC(c4ccccc4)OCC3OC2S1. The molecule has 22 heavy (non-hydrogen) atoms. The van der Waals surface area contributed by atoms with Gasteiger partial charge in [0.1, 0.15) is 11.5 Å². The molecule has 0 aromatic heterocycles. The van der Waals surface area contributed by atoms with Gasteiger partial charge in [-0.3, -0.25) is 4.99 Å². The smallest absolute Gasteiger partial charge is 0.184 e. The van der Waals surface area contributed by atoms with Crippen LogP contribution in [-0.4, -0.2) is 54.5 Å². The molecule has 0 aliphatic carbocycles. The van der Waals surface area contributed by atoms with E-state index in [4.69, 9.17) is 19.2 Å². The first-order valence-corrected chi connectivity index (χ1v) is 8.48. The van der Waals surface area contributed by atoms with E-state index in [1.54, 1.807) is 11.8 Å². The topological polar surface area (TPSA) is 43.3 Å². The fourth-order valence-electron chi connectivity index (χ4n) is 3.02. The Bertz CT molecular complexity index is 566. The third kappa shape index (κ3) is 2.65. The number of aliphatic imine (C=N–C) groups is 1. The molecule has 1 aromatic rings. The highest BCUT2D eigenvalue weighted by Crippen LogP contribution is 2.41. The van der Waals surface area contributed by atoms with Crippen molar-refractivity contribution in [3.63, 3.8) is 0 Å². The first kappa shape index (κ1) is 14.5. The summed E-state index contributed by atoms with van der Waals surface area (Å²) in [5.74, 6) is 0. The summed E-state index contributed by atoms with van der Waals surface area (Å²) in [6, 6.07) is 10.2. The van der Waals surface area contributed by atoms with Crippen LogP contribution in [0.4, 0.5) is 0 Å². The molecule has 3 aliphatic heterocycles. The van der Waals surface area contributed by atoms with Crippen LogP contribution in [-0.2, 0) is 14.2 Å². The molecule has 0 spiro atoms. The molecule has 5 atom stereocenters. The van der Waals surface area contributed by atoms with Gasteiger partial charge in [0.05, 0.1) is 18.8 Å². The Morgan fingerprint density at radius 2 is 1.95 bits per heavy atom. The van der Waals surface area contributed by atoms with Gasteiger partial charge in [0.25, 0.3) is 0 Å². The predicted octanol–water partition coefficient (Wildman–Crippen LogP) is 2.25. The lowest BCUT2D eigenvalue weighted by atomic mass is 10.0. The van der Waals surface area contributed by atoms with E-state index >= 15 is 0 Å². The monoisotopic (exact) mass is 320 g/mol. The average molecular weight is 320 g/mol. The number of ether oxygens (including phenoxy) is 3. The molecule has 0 radical (unpaired) electrons. The average Bonchev–Trinajstić information content (AvgIpc) is 2.96. The predicted molar refractivity (Wildman–Crippen MR) is 85.8 cm³/mol. The Hall–Kier alpha value is -1.08. The lowest BCUT2D eigenvalue weighted by molar-refractivity contribution is -0.282. The van der Waals surface area contributed by atoms with E-state index in [2.05, 4.69) is 0 Å². The van der Waals surface area contributed by atoms with E-state index in [-0.39, 0.29) is 30.0 Å². The van der Waals surface area contributed by atoms with E-state index in [9.17, 15) is 0 Å². The molecular weight excluding hydrogens is 300 g/mol. The summed E-state index contributed by atoms with van der Waals surface area (Å²) in [4.78, 5) is 6.80. The highest BCUT2D eigenvalue weighted by Gasteiger charge is 2.46. The van der Waals surface area contributed by atoms with E-state index in [0.717, 1.165) is 17.2 Å². The highest BCUT2D eigenvalue weighted by atomic mass is 32.2. The molecule has 3 aliphatic rings. The van der Waals surface area contributed by atoms with Gasteiger partial charge in [-0.25, -0.2) is 0 Å². The third-order valence-electron chi connectivity index (χ3n) is 4.17. The molecule has 1 aromatic carbocycles. The molecule has 118 valence electrons. The second-order valence-electron chi connectivity index (χ2n) is 6.02. The Balaban J connectivity index is 1.47. The Morgan fingerprint density at radius 3 is 2.73 bits per heavy atom. The molecule has 6 heteroatoms. The van der Waals surface area contributed by atoms with Crippen LogP contribution in [0.15, 0.2) is 35.3 Å². The van der Waals surface area contributed by atoms with Gasteiger partial charge in [-0.2, -0.15) is 0 Å². The first-order valence-electron chi connectivity index (χ1n) is 7.60. The van der Waals surface area contributed by atoms with Crippen molar-refractivity contribution in [3.05, 3.63) is 35.9 Å². The molecule has 2 saturated heterocycles. The van der Waals surface area contributed by atoms with Crippen LogP contribution >= 0.6 is 11.8 Å². The van der Waals surface area contributed by atoms with Crippen LogP contribution < -0.4 is 0 Å². The standard InChI is InChI=1S/C16H20N2O3S/c1-18(2)16-17-11-8-12-13(21-15(11)22-16)9-19-14(20-12)10-6-4-3-5-7-10/h3-7,11-15H,8-9H2,1-2H3. The number of rotatable bonds is 1. The number of nitrogens with zero attached hydrogens (tertiary/aromatic N) is 2. The molecule has 5 nitrogen and oxygen atoms in total. The van der Waals surface area contributed by atoms with Gasteiger partial charge in [-0.1, -0.05) is 42.1 Å². The fourth-order valence-corrected chi connectivity index (χ4v) is 4.17. The van der Waals surface area contributed by atoms with Crippen LogP contribution in [0, 0.1) is 0 Å². The molecule has 3 heterocycles. The molecule has 5 unspecified atom stereocenters. The maximum atomic E-state index is 6.15. The van der Waals surface area contributed by atoms with E-state index in [0.29, 0.717) is 6.61 Å². The zero-order chi connectivity index (χ0) is 15.1. The minimum atomic E-state index is -0.297. The van der Waals surface area contributed by atoms with Crippen LogP contribution in [0.2, 0.25) is 0 Å². The lowest BCUT2D eigenvalue weighted by Crippen LogP contribution is -2.50. The zero-order valence-electron chi connectivity index (χ0n) is 12.7. The van der Waals surface area contributed by atoms with Crippen LogP contribution in [0.3, 0.4) is 0 Å². The van der Waals surface area contributed by atoms with Gasteiger partial charge in [-0.05, 0) is 0 Å². The second-order valence-corrected chi connectivity index (χ2v) is 7.09. The summed E-state index contributed by atoms with van der Waals surface area (Å²) in [5, 5.41) is 1.04. The van der Waals surface area contributed by atoms with Crippen molar-refractivity contribution in [2.45, 2.75) is 36.4 Å². The van der Waals surface area contributed by atoms with Gasteiger partial charge in [0.15, 0.2) is 11.5 Å². The van der Waals surface area contributed by atoms with Gasteiger partial charge >= 0.3 is 0 Å². The summed E-state index contributed by atoms with van der Waals surface area (Å²) < 4.78 is 18.1. The molecule has 0 saturated carbocycles. The summed E-state index contributed by atoms with van der Waals surface area (Å²) >= 11 is 1.70. The molecule has 0 amide bonds. The maximum Gasteiger partial charge on any atom is 0.184 e. The summed E-state index contributed by atoms with van der Waals surface area (Å²) in [6.45, 7) is 0.575. The van der Waals surface area contributed by atoms with Crippen molar-refractivity contribution in [3.8, 4) is 0 Å². The largest absolute Gasteiger partial charge is 0.358 e. The van der Waals surface area contributed by atoms with Crippen molar-refractivity contribution >= 4 is 16.9 Å². The third-order valence-corrected chi connectivity index (χ3v) is 5.51. The van der Waals surface area contributed by atoms with Crippen molar-refractivity contribution in [2.24, 2.45) is 4.99 Å². The van der Waals surface area contributed by atoms with E-state index in [1.165, 1.54) is 0 Å². The van der Waals surface area contributed by atoms with Crippen molar-refractivity contribution in [2.75, 3.05) is 20.7 Å². The molecule has 4 rings (SSSR count). The molecular formula is C16H20N2O3S. The minimum absolute atomic E-state index is 0.00502. The van der Waals surface area contributed by atoms with Crippen LogP contribution in [0.1, 0.15) is 18.3 Å². The van der Waals surface area contributed by atoms with Crippen LogP contribution in [0.5, 0.6) is 0 Å². The van der Waals surface area contributed by atoms with E-state index < -0.39 is 0 Å². The lowest BCUT2D eigenvalue weighted by Gasteiger charge is -2.42. The van der Waals surface area contributed by atoms with Gasteiger partial charge in [-0.15, -0.1) is 0 Å². The minimum Gasteiger partial charge on any atom is -0.358 e. The molecule has 2 fully saturated rings. The van der Waals surface area contributed by atoms with Gasteiger partial charge in [0.2, 0.25) is 0 Å². The van der Waals surface area contributed by atoms with Gasteiger partial charge < -0.3 is 19.1 Å². The maximum absolute atomic E-state index is 6.15. The number of hydrogen-bond acceptors (Lipinski definition) is 6. The number of fused-ring (bicyclic) bond motifs is 2. The molecule has 0 bridgehead atoms. The number of amidine groups is 1.